The molecule has 0 aliphatic heterocycles. The predicted molar refractivity (Wildman–Crippen MR) is 47.0 cm³/mol. The van der Waals surface area contributed by atoms with Crippen molar-refractivity contribution in [3.63, 3.8) is 0 Å². The van der Waals surface area contributed by atoms with Gasteiger partial charge >= 0.3 is 12.4 Å². The van der Waals surface area contributed by atoms with E-state index in [4.69, 9.17) is 0 Å². The fourth-order valence-electron chi connectivity index (χ4n) is 0.923. The molecule has 0 unspecified atom stereocenters. The van der Waals surface area contributed by atoms with Gasteiger partial charge in [-0.1, -0.05) is 0 Å². The summed E-state index contributed by atoms with van der Waals surface area (Å²) in [6, 6.07) is 0.874. The van der Waals surface area contributed by atoms with Crippen LogP contribution in [0.15, 0.2) is 12.3 Å². The number of alkyl halides is 6. The maximum atomic E-state index is 12.3. The van der Waals surface area contributed by atoms with Crippen molar-refractivity contribution in [1.82, 2.24) is 4.98 Å². The van der Waals surface area contributed by atoms with Gasteiger partial charge in [-0.2, -0.15) is 26.3 Å². The Morgan fingerprint density at radius 2 is 1.53 bits per heavy atom. The monoisotopic (exact) mass is 341 g/mol. The molecule has 0 aliphatic carbocycles. The molecule has 0 fully saturated rings. The average molecular weight is 341 g/mol. The summed E-state index contributed by atoms with van der Waals surface area (Å²) in [6.07, 6.45) is -9.47. The Morgan fingerprint density at radius 1 is 1.00 bits per heavy atom. The van der Waals surface area contributed by atoms with E-state index in [-0.39, 0.29) is 0 Å². The fraction of sp³-hybridized carbons (Fsp3) is 0.286. The van der Waals surface area contributed by atoms with Crippen LogP contribution in [0.3, 0.4) is 0 Å². The first kappa shape index (κ1) is 12.5. The molecular formula is C7H2F6IN. The minimum absolute atomic E-state index is 0.526. The van der Waals surface area contributed by atoms with Crippen LogP contribution in [0.2, 0.25) is 0 Å². The van der Waals surface area contributed by atoms with Crippen molar-refractivity contribution >= 4 is 22.6 Å². The van der Waals surface area contributed by atoms with Gasteiger partial charge in [0.25, 0.3) is 0 Å². The van der Waals surface area contributed by atoms with Gasteiger partial charge in [-0.25, -0.2) is 0 Å². The van der Waals surface area contributed by atoms with E-state index < -0.39 is 27.2 Å². The maximum Gasteiger partial charge on any atom is 0.433 e. The van der Waals surface area contributed by atoms with Gasteiger partial charge in [0, 0.05) is 9.77 Å². The third-order valence-electron chi connectivity index (χ3n) is 1.45. The highest BCUT2D eigenvalue weighted by atomic mass is 127. The summed E-state index contributed by atoms with van der Waals surface area (Å²) in [4.78, 5) is 2.73. The molecule has 0 atom stereocenters. The summed E-state index contributed by atoms with van der Waals surface area (Å²) in [7, 11) is 0. The number of aromatic nitrogens is 1. The summed E-state index contributed by atoms with van der Waals surface area (Å²) in [5, 5.41) is 0. The molecule has 0 N–H and O–H groups in total. The SMILES string of the molecule is FC(F)(F)c1nccc(I)c1C(F)(F)F. The van der Waals surface area contributed by atoms with Crippen molar-refractivity contribution in [3.8, 4) is 0 Å². The Labute approximate surface area is 93.6 Å². The van der Waals surface area contributed by atoms with Crippen molar-refractivity contribution in [1.29, 1.82) is 0 Å². The molecule has 0 amide bonds. The molecule has 1 aromatic rings. The zero-order valence-electron chi connectivity index (χ0n) is 6.75. The lowest BCUT2D eigenvalue weighted by Gasteiger charge is -2.15. The quantitative estimate of drug-likeness (QED) is 0.518. The van der Waals surface area contributed by atoms with Gasteiger partial charge in [-0.05, 0) is 28.7 Å². The molecule has 0 spiro atoms. The first-order chi connectivity index (χ1) is 6.64. The van der Waals surface area contributed by atoms with E-state index in [9.17, 15) is 26.3 Å². The third-order valence-corrected chi connectivity index (χ3v) is 2.35. The second kappa shape index (κ2) is 3.80. The second-order valence-electron chi connectivity index (χ2n) is 2.51. The van der Waals surface area contributed by atoms with E-state index in [1.807, 2.05) is 0 Å². The zero-order chi connectivity index (χ0) is 11.9. The van der Waals surface area contributed by atoms with Crippen molar-refractivity contribution in [2.24, 2.45) is 0 Å². The van der Waals surface area contributed by atoms with Gasteiger partial charge in [0.2, 0.25) is 0 Å². The number of hydrogen-bond acceptors (Lipinski definition) is 1. The molecular weight excluding hydrogens is 339 g/mol. The number of pyridine rings is 1. The molecule has 15 heavy (non-hydrogen) atoms. The van der Waals surface area contributed by atoms with Crippen LogP contribution in [-0.4, -0.2) is 4.98 Å². The molecule has 0 bridgehead atoms. The summed E-state index contributed by atoms with van der Waals surface area (Å²) in [5.74, 6) is 0. The Balaban J connectivity index is 3.48. The lowest BCUT2D eigenvalue weighted by atomic mass is 10.2. The molecule has 1 aromatic heterocycles. The van der Waals surface area contributed by atoms with Crippen LogP contribution in [0, 0.1) is 3.57 Å². The van der Waals surface area contributed by atoms with Gasteiger partial charge in [0.15, 0.2) is 5.69 Å². The molecule has 8 heteroatoms. The number of nitrogens with zero attached hydrogens (tertiary/aromatic N) is 1. The molecule has 0 saturated carbocycles. The van der Waals surface area contributed by atoms with Crippen molar-refractivity contribution < 1.29 is 26.3 Å². The van der Waals surface area contributed by atoms with E-state index in [1.165, 1.54) is 22.6 Å². The molecule has 0 aromatic carbocycles. The predicted octanol–water partition coefficient (Wildman–Crippen LogP) is 3.72. The van der Waals surface area contributed by atoms with Gasteiger partial charge in [-0.3, -0.25) is 4.98 Å². The number of rotatable bonds is 0. The van der Waals surface area contributed by atoms with E-state index in [0.717, 1.165) is 6.07 Å². The fourth-order valence-corrected chi connectivity index (χ4v) is 1.64. The van der Waals surface area contributed by atoms with Crippen molar-refractivity contribution in [2.45, 2.75) is 12.4 Å². The minimum Gasteiger partial charge on any atom is -0.251 e. The Hall–Kier alpha value is -0.540. The number of halogens is 7. The van der Waals surface area contributed by atoms with Crippen LogP contribution in [0.1, 0.15) is 11.3 Å². The average Bonchev–Trinajstić information content (AvgIpc) is 1.99. The standard InChI is InChI=1S/C7H2F6IN/c8-6(9,10)4-3(14)1-2-15-5(4)7(11,12)13/h1-2H. The van der Waals surface area contributed by atoms with Crippen LogP contribution < -0.4 is 0 Å². The molecule has 1 nitrogen and oxygen atoms in total. The summed E-state index contributed by atoms with van der Waals surface area (Å²) in [6.45, 7) is 0. The van der Waals surface area contributed by atoms with Crippen LogP contribution in [0.25, 0.3) is 0 Å². The highest BCUT2D eigenvalue weighted by molar-refractivity contribution is 14.1. The molecule has 0 radical (unpaired) electrons. The molecule has 0 aliphatic rings. The van der Waals surface area contributed by atoms with Crippen molar-refractivity contribution in [3.05, 3.63) is 27.1 Å². The molecule has 0 saturated heterocycles. The van der Waals surface area contributed by atoms with E-state index in [2.05, 4.69) is 4.98 Å². The maximum absolute atomic E-state index is 12.3. The normalized spacial score (nSPS) is 13.0. The Bertz CT molecular complexity index is 369. The summed E-state index contributed by atoms with van der Waals surface area (Å²) in [5.41, 5.74) is -3.64. The lowest BCUT2D eigenvalue weighted by Crippen LogP contribution is -2.19. The summed E-state index contributed by atoms with van der Waals surface area (Å²) < 4.78 is 72.9. The van der Waals surface area contributed by atoms with Crippen LogP contribution >= 0.6 is 22.6 Å². The highest BCUT2D eigenvalue weighted by Crippen LogP contribution is 2.40. The lowest BCUT2D eigenvalue weighted by molar-refractivity contribution is -0.165. The van der Waals surface area contributed by atoms with Crippen LogP contribution in [0.5, 0.6) is 0 Å². The first-order valence-electron chi connectivity index (χ1n) is 3.43. The Kier molecular flexibility index (Phi) is 3.17. The molecule has 1 heterocycles. The third kappa shape index (κ3) is 2.73. The Morgan fingerprint density at radius 3 is 1.87 bits per heavy atom. The first-order valence-corrected chi connectivity index (χ1v) is 4.51. The second-order valence-corrected chi connectivity index (χ2v) is 3.67. The van der Waals surface area contributed by atoms with E-state index in [1.54, 1.807) is 0 Å². The zero-order valence-corrected chi connectivity index (χ0v) is 8.91. The van der Waals surface area contributed by atoms with Gasteiger partial charge in [-0.15, -0.1) is 0 Å². The molecule has 1 rings (SSSR count). The van der Waals surface area contributed by atoms with Gasteiger partial charge in [0.05, 0.1) is 5.56 Å². The van der Waals surface area contributed by atoms with E-state index in [0.29, 0.717) is 6.20 Å². The van der Waals surface area contributed by atoms with Crippen LogP contribution in [-0.2, 0) is 12.4 Å². The van der Waals surface area contributed by atoms with E-state index >= 15 is 0 Å². The highest BCUT2D eigenvalue weighted by Gasteiger charge is 2.45. The topological polar surface area (TPSA) is 12.9 Å². The molecule has 84 valence electrons. The van der Waals surface area contributed by atoms with Gasteiger partial charge in [0.1, 0.15) is 0 Å². The summed E-state index contributed by atoms with van der Waals surface area (Å²) >= 11 is 1.19. The van der Waals surface area contributed by atoms with Gasteiger partial charge < -0.3 is 0 Å². The minimum atomic E-state index is -5.11. The largest absolute Gasteiger partial charge is 0.433 e. The smallest absolute Gasteiger partial charge is 0.251 e. The van der Waals surface area contributed by atoms with Crippen LogP contribution in [0.4, 0.5) is 26.3 Å². The number of hydrogen-bond donors (Lipinski definition) is 0. The van der Waals surface area contributed by atoms with Crippen molar-refractivity contribution in [2.75, 3.05) is 0 Å².